The number of anilines is 3. The Bertz CT molecular complexity index is 1100. The molecule has 1 saturated carbocycles. The Hall–Kier alpha value is -3.58. The quantitative estimate of drug-likeness (QED) is 0.444. The second-order valence-corrected chi connectivity index (χ2v) is 8.09. The van der Waals surface area contributed by atoms with Crippen LogP contribution in [0.1, 0.15) is 36.0 Å². The Morgan fingerprint density at radius 3 is 2.66 bits per heavy atom. The number of primary amides is 1. The Labute approximate surface area is 188 Å². The van der Waals surface area contributed by atoms with Crippen molar-refractivity contribution in [1.29, 1.82) is 0 Å². The van der Waals surface area contributed by atoms with Crippen LogP contribution in [0.15, 0.2) is 60.7 Å². The Morgan fingerprint density at radius 2 is 1.88 bits per heavy atom. The van der Waals surface area contributed by atoms with Crippen molar-refractivity contribution in [3.05, 3.63) is 66.2 Å². The Kier molecular flexibility index (Phi) is 6.56. The van der Waals surface area contributed by atoms with Crippen LogP contribution >= 0.6 is 0 Å². The van der Waals surface area contributed by atoms with E-state index in [0.717, 1.165) is 42.0 Å². The number of carbonyl (C=O) groups is 1. The van der Waals surface area contributed by atoms with Crippen molar-refractivity contribution in [1.82, 2.24) is 4.98 Å². The molecule has 2 aromatic carbocycles. The maximum atomic E-state index is 12.0. The number of hydrogen-bond acceptors (Lipinski definition) is 6. The van der Waals surface area contributed by atoms with E-state index in [1.807, 2.05) is 54.6 Å². The smallest absolute Gasteiger partial charge is 0.250 e. The normalized spacial score (nSPS) is 18.1. The summed E-state index contributed by atoms with van der Waals surface area (Å²) in [7, 11) is 1.64. The van der Waals surface area contributed by atoms with E-state index in [1.54, 1.807) is 13.2 Å². The minimum atomic E-state index is -0.502. The summed E-state index contributed by atoms with van der Waals surface area (Å²) in [5.41, 5.74) is 15.5. The van der Waals surface area contributed by atoms with Crippen LogP contribution in [-0.4, -0.2) is 30.1 Å². The predicted molar refractivity (Wildman–Crippen MR) is 128 cm³/mol. The molecule has 0 spiro atoms. The van der Waals surface area contributed by atoms with E-state index in [0.29, 0.717) is 17.1 Å². The third kappa shape index (κ3) is 5.00. The molecule has 1 heterocycles. The number of nitrogens with zero attached hydrogens (tertiary/aromatic N) is 1. The SMILES string of the molecule is COc1cccc(-c2cccc(Nc3cc(N[C@@H]4CCCC[C@@H]4N)ccc3C(N)=O)n2)c1. The first-order valence-electron chi connectivity index (χ1n) is 10.9. The summed E-state index contributed by atoms with van der Waals surface area (Å²) in [6.45, 7) is 0. The maximum absolute atomic E-state index is 12.0. The molecular formula is C25H29N5O2. The summed E-state index contributed by atoms with van der Waals surface area (Å²) < 4.78 is 5.32. The molecule has 0 bridgehead atoms. The molecule has 0 aliphatic heterocycles. The molecule has 1 aliphatic rings. The van der Waals surface area contributed by atoms with Gasteiger partial charge >= 0.3 is 0 Å². The van der Waals surface area contributed by atoms with Crippen LogP contribution in [0.2, 0.25) is 0 Å². The van der Waals surface area contributed by atoms with E-state index in [-0.39, 0.29) is 12.1 Å². The molecule has 1 fully saturated rings. The summed E-state index contributed by atoms with van der Waals surface area (Å²) >= 11 is 0. The topological polar surface area (TPSA) is 115 Å². The highest BCUT2D eigenvalue weighted by atomic mass is 16.5. The first-order chi connectivity index (χ1) is 15.5. The van der Waals surface area contributed by atoms with Gasteiger partial charge in [-0.05, 0) is 55.3 Å². The molecule has 4 rings (SSSR count). The number of hydrogen-bond donors (Lipinski definition) is 4. The van der Waals surface area contributed by atoms with E-state index < -0.39 is 5.91 Å². The minimum absolute atomic E-state index is 0.122. The molecule has 1 aliphatic carbocycles. The summed E-state index contributed by atoms with van der Waals surface area (Å²) in [6.07, 6.45) is 4.38. The fourth-order valence-corrected chi connectivity index (χ4v) is 4.09. The molecule has 7 heteroatoms. The number of amides is 1. The van der Waals surface area contributed by atoms with Gasteiger partial charge in [0.15, 0.2) is 0 Å². The minimum Gasteiger partial charge on any atom is -0.497 e. The zero-order valence-electron chi connectivity index (χ0n) is 18.2. The second-order valence-electron chi connectivity index (χ2n) is 8.09. The lowest BCUT2D eigenvalue weighted by molar-refractivity contribution is 0.100. The van der Waals surface area contributed by atoms with Crippen molar-refractivity contribution in [3.63, 3.8) is 0 Å². The molecule has 1 amide bonds. The van der Waals surface area contributed by atoms with Gasteiger partial charge in [0, 0.05) is 23.3 Å². The third-order valence-corrected chi connectivity index (χ3v) is 5.83. The van der Waals surface area contributed by atoms with Gasteiger partial charge in [0.05, 0.1) is 24.1 Å². The van der Waals surface area contributed by atoms with E-state index in [1.165, 1.54) is 6.42 Å². The number of methoxy groups -OCH3 is 1. The fraction of sp³-hybridized carbons (Fsp3) is 0.280. The molecule has 6 N–H and O–H groups in total. The van der Waals surface area contributed by atoms with Crippen LogP contribution in [0.25, 0.3) is 11.3 Å². The van der Waals surface area contributed by atoms with Gasteiger partial charge in [-0.2, -0.15) is 0 Å². The van der Waals surface area contributed by atoms with Gasteiger partial charge in [0.1, 0.15) is 11.6 Å². The van der Waals surface area contributed by atoms with Gasteiger partial charge in [0.25, 0.3) is 5.91 Å². The van der Waals surface area contributed by atoms with E-state index in [2.05, 4.69) is 10.6 Å². The lowest BCUT2D eigenvalue weighted by atomic mass is 9.91. The van der Waals surface area contributed by atoms with Gasteiger partial charge in [-0.1, -0.05) is 31.0 Å². The lowest BCUT2D eigenvalue weighted by Gasteiger charge is -2.30. The van der Waals surface area contributed by atoms with Crippen molar-refractivity contribution in [2.24, 2.45) is 11.5 Å². The maximum Gasteiger partial charge on any atom is 0.250 e. The van der Waals surface area contributed by atoms with Crippen molar-refractivity contribution < 1.29 is 9.53 Å². The molecule has 0 saturated heterocycles. The number of aromatic nitrogens is 1. The average molecular weight is 432 g/mol. The summed E-state index contributed by atoms with van der Waals surface area (Å²) in [5, 5.41) is 6.79. The molecule has 0 unspecified atom stereocenters. The zero-order chi connectivity index (χ0) is 22.5. The molecule has 166 valence electrons. The van der Waals surface area contributed by atoms with Gasteiger partial charge in [-0.15, -0.1) is 0 Å². The number of carbonyl (C=O) groups excluding carboxylic acids is 1. The monoisotopic (exact) mass is 431 g/mol. The first-order valence-corrected chi connectivity index (χ1v) is 10.9. The van der Waals surface area contributed by atoms with Crippen LogP contribution in [0.5, 0.6) is 5.75 Å². The highest BCUT2D eigenvalue weighted by Gasteiger charge is 2.22. The van der Waals surface area contributed by atoms with E-state index in [9.17, 15) is 4.79 Å². The summed E-state index contributed by atoms with van der Waals surface area (Å²) in [6, 6.07) is 19.2. The fourth-order valence-electron chi connectivity index (χ4n) is 4.09. The molecule has 32 heavy (non-hydrogen) atoms. The van der Waals surface area contributed by atoms with Crippen molar-refractivity contribution in [2.75, 3.05) is 17.7 Å². The van der Waals surface area contributed by atoms with Gasteiger partial charge < -0.3 is 26.8 Å². The number of ether oxygens (including phenoxy) is 1. The summed E-state index contributed by atoms with van der Waals surface area (Å²) in [4.78, 5) is 16.7. The average Bonchev–Trinajstić information content (AvgIpc) is 2.81. The van der Waals surface area contributed by atoms with Crippen LogP contribution in [-0.2, 0) is 0 Å². The lowest BCUT2D eigenvalue weighted by Crippen LogP contribution is -2.42. The Balaban J connectivity index is 1.60. The Morgan fingerprint density at radius 1 is 1.06 bits per heavy atom. The molecular weight excluding hydrogens is 402 g/mol. The highest BCUT2D eigenvalue weighted by Crippen LogP contribution is 2.28. The summed E-state index contributed by atoms with van der Waals surface area (Å²) in [5.74, 6) is 0.870. The largest absolute Gasteiger partial charge is 0.497 e. The van der Waals surface area contributed by atoms with Crippen molar-refractivity contribution in [2.45, 2.75) is 37.8 Å². The highest BCUT2D eigenvalue weighted by molar-refractivity contribution is 5.99. The van der Waals surface area contributed by atoms with Crippen LogP contribution < -0.4 is 26.8 Å². The van der Waals surface area contributed by atoms with Crippen LogP contribution in [0.3, 0.4) is 0 Å². The zero-order valence-corrected chi connectivity index (χ0v) is 18.2. The molecule has 1 aromatic heterocycles. The van der Waals surface area contributed by atoms with Crippen LogP contribution in [0.4, 0.5) is 17.2 Å². The predicted octanol–water partition coefficient (Wildman–Crippen LogP) is 4.28. The molecule has 0 radical (unpaired) electrons. The third-order valence-electron chi connectivity index (χ3n) is 5.83. The van der Waals surface area contributed by atoms with Gasteiger partial charge in [-0.3, -0.25) is 4.79 Å². The molecule has 2 atom stereocenters. The second kappa shape index (κ2) is 9.70. The van der Waals surface area contributed by atoms with Crippen LogP contribution in [0, 0.1) is 0 Å². The standard InChI is InChI=1S/C25H29N5O2/c1-32-18-7-4-6-16(14-18)21-10-5-11-24(29-21)30-23-15-17(12-13-19(23)25(27)31)28-22-9-3-2-8-20(22)26/h4-7,10-15,20,22,28H,2-3,8-9,26H2,1H3,(H2,27,31)(H,29,30)/t20-,22+/m0/s1. The number of rotatable bonds is 7. The van der Waals surface area contributed by atoms with E-state index in [4.69, 9.17) is 21.2 Å². The number of nitrogens with one attached hydrogen (secondary N) is 2. The molecule has 3 aromatic rings. The van der Waals surface area contributed by atoms with Crippen molar-refractivity contribution in [3.8, 4) is 17.0 Å². The first kappa shape index (κ1) is 21.6. The van der Waals surface area contributed by atoms with Crippen molar-refractivity contribution >= 4 is 23.1 Å². The van der Waals surface area contributed by atoms with Gasteiger partial charge in [0.2, 0.25) is 0 Å². The number of benzene rings is 2. The van der Waals surface area contributed by atoms with E-state index >= 15 is 0 Å². The number of nitrogens with two attached hydrogens (primary N) is 2. The molecule has 7 nitrogen and oxygen atoms in total. The van der Waals surface area contributed by atoms with Gasteiger partial charge in [-0.25, -0.2) is 4.98 Å². The number of pyridine rings is 1.